The van der Waals surface area contributed by atoms with Gasteiger partial charge in [0.1, 0.15) is 0 Å². The Kier molecular flexibility index (Phi) is 5.11. The maximum atomic E-state index is 12.0. The van der Waals surface area contributed by atoms with Crippen LogP contribution in [-0.4, -0.2) is 18.0 Å². The van der Waals surface area contributed by atoms with Gasteiger partial charge in [-0.15, -0.1) is 0 Å². The second-order valence-electron chi connectivity index (χ2n) is 4.46. The molecule has 1 amide bonds. The molecule has 0 spiro atoms. The minimum Gasteiger partial charge on any atom is -0.618 e. The van der Waals surface area contributed by atoms with E-state index in [-0.39, 0.29) is 5.69 Å². The second-order valence-corrected chi connectivity index (χ2v) is 5.37. The van der Waals surface area contributed by atoms with Gasteiger partial charge in [-0.25, -0.2) is 4.79 Å². The summed E-state index contributed by atoms with van der Waals surface area (Å²) < 4.78 is 6.20. The number of carbonyl (C=O) groups is 2. The van der Waals surface area contributed by atoms with Crippen LogP contribution in [0.5, 0.6) is 0 Å². The number of rotatable bonds is 4. The monoisotopic (exact) mass is 364 g/mol. The quantitative estimate of drug-likeness (QED) is 0.512. The molecule has 22 heavy (non-hydrogen) atoms. The van der Waals surface area contributed by atoms with E-state index in [1.165, 1.54) is 31.3 Å². The average Bonchev–Trinajstić information content (AvgIpc) is 2.47. The number of nitrogens with zero attached hydrogens (tertiary/aromatic N) is 1. The first-order valence-corrected chi connectivity index (χ1v) is 7.22. The Hall–Kier alpha value is -2.41. The van der Waals surface area contributed by atoms with E-state index in [0.29, 0.717) is 10.4 Å². The Balaban J connectivity index is 1.99. The average molecular weight is 365 g/mol. The molecule has 7 heteroatoms. The fraction of sp³-hybridized carbons (Fsp3) is 0.133. The molecule has 0 saturated carbocycles. The molecule has 6 nitrogen and oxygen atoms in total. The van der Waals surface area contributed by atoms with Crippen molar-refractivity contribution in [3.63, 3.8) is 0 Å². The molecule has 1 atom stereocenters. The summed E-state index contributed by atoms with van der Waals surface area (Å²) in [7, 11) is 0. The molecule has 2 aromatic rings. The first-order chi connectivity index (χ1) is 10.5. The lowest BCUT2D eigenvalue weighted by molar-refractivity contribution is -0.608. The molecule has 0 bridgehead atoms. The molecule has 0 unspecified atom stereocenters. The Morgan fingerprint density at radius 1 is 1.27 bits per heavy atom. The highest BCUT2D eigenvalue weighted by atomic mass is 79.9. The van der Waals surface area contributed by atoms with E-state index in [2.05, 4.69) is 21.2 Å². The minimum atomic E-state index is -1.04. The standard InChI is InChI=1S/C15H13BrN2O4/c1-10(14(19)17-12-6-4-5-11(16)9-12)22-15(20)13-7-2-3-8-18(13)21/h2-10H,1H3,(H,17,19)/t10-/m1/s1. The van der Waals surface area contributed by atoms with Crippen molar-refractivity contribution in [1.82, 2.24) is 0 Å². The first-order valence-electron chi connectivity index (χ1n) is 6.43. The molecule has 0 saturated heterocycles. The number of benzene rings is 1. The van der Waals surface area contributed by atoms with E-state index in [1.54, 1.807) is 18.2 Å². The molecule has 0 aliphatic carbocycles. The van der Waals surface area contributed by atoms with Crippen LogP contribution in [0.25, 0.3) is 0 Å². The molecule has 0 aliphatic heterocycles. The van der Waals surface area contributed by atoms with Gasteiger partial charge in [0.25, 0.3) is 5.91 Å². The molecule has 1 heterocycles. The number of anilines is 1. The summed E-state index contributed by atoms with van der Waals surface area (Å²) in [5.41, 5.74) is 0.394. The van der Waals surface area contributed by atoms with Gasteiger partial charge >= 0.3 is 11.7 Å². The highest BCUT2D eigenvalue weighted by molar-refractivity contribution is 9.10. The number of amides is 1. The Morgan fingerprint density at radius 2 is 2.05 bits per heavy atom. The van der Waals surface area contributed by atoms with Crippen molar-refractivity contribution < 1.29 is 19.1 Å². The van der Waals surface area contributed by atoms with Crippen molar-refractivity contribution in [2.45, 2.75) is 13.0 Å². The van der Waals surface area contributed by atoms with Gasteiger partial charge in [-0.05, 0) is 31.2 Å². The molecule has 1 N–H and O–H groups in total. The van der Waals surface area contributed by atoms with Crippen molar-refractivity contribution in [2.24, 2.45) is 0 Å². The number of hydrogen-bond donors (Lipinski definition) is 1. The zero-order valence-electron chi connectivity index (χ0n) is 11.7. The summed E-state index contributed by atoms with van der Waals surface area (Å²) in [5.74, 6) is -1.34. The normalized spacial score (nSPS) is 11.5. The first kappa shape index (κ1) is 16.0. The van der Waals surface area contributed by atoms with Crippen molar-refractivity contribution in [1.29, 1.82) is 0 Å². The smallest absolute Gasteiger partial charge is 0.405 e. The summed E-state index contributed by atoms with van der Waals surface area (Å²) >= 11 is 3.29. The van der Waals surface area contributed by atoms with E-state index >= 15 is 0 Å². The van der Waals surface area contributed by atoms with Gasteiger partial charge in [-0.3, -0.25) is 4.79 Å². The van der Waals surface area contributed by atoms with E-state index in [4.69, 9.17) is 4.74 Å². The molecule has 114 valence electrons. The lowest BCUT2D eigenvalue weighted by Gasteiger charge is -2.13. The van der Waals surface area contributed by atoms with Crippen molar-refractivity contribution >= 4 is 33.5 Å². The van der Waals surface area contributed by atoms with Gasteiger partial charge in [0.2, 0.25) is 0 Å². The van der Waals surface area contributed by atoms with Crippen LogP contribution in [0.1, 0.15) is 17.4 Å². The number of esters is 1. The maximum Gasteiger partial charge on any atom is 0.405 e. The number of nitrogens with one attached hydrogen (secondary N) is 1. The Bertz CT molecular complexity index is 705. The third-order valence-corrected chi connectivity index (χ3v) is 3.27. The van der Waals surface area contributed by atoms with Crippen molar-refractivity contribution in [3.05, 3.63) is 64.0 Å². The zero-order chi connectivity index (χ0) is 16.1. The molecule has 0 radical (unpaired) electrons. The van der Waals surface area contributed by atoms with Gasteiger partial charge in [-0.1, -0.05) is 22.0 Å². The molecule has 1 aromatic heterocycles. The zero-order valence-corrected chi connectivity index (χ0v) is 13.2. The minimum absolute atomic E-state index is 0.176. The third-order valence-electron chi connectivity index (χ3n) is 2.78. The number of aromatic nitrogens is 1. The van der Waals surface area contributed by atoms with Gasteiger partial charge in [-0.2, -0.15) is 4.73 Å². The fourth-order valence-corrected chi connectivity index (χ4v) is 2.07. The maximum absolute atomic E-state index is 12.0. The summed E-state index contributed by atoms with van der Waals surface area (Å²) in [5, 5.41) is 14.1. The predicted molar refractivity (Wildman–Crippen MR) is 83.1 cm³/mol. The largest absolute Gasteiger partial charge is 0.618 e. The number of hydrogen-bond acceptors (Lipinski definition) is 4. The molecular weight excluding hydrogens is 352 g/mol. The van der Waals surface area contributed by atoms with Crippen LogP contribution < -0.4 is 10.0 Å². The van der Waals surface area contributed by atoms with Crippen LogP contribution in [-0.2, 0) is 9.53 Å². The predicted octanol–water partition coefficient (Wildman–Crippen LogP) is 2.27. The van der Waals surface area contributed by atoms with E-state index < -0.39 is 18.0 Å². The summed E-state index contributed by atoms with van der Waals surface area (Å²) in [6.45, 7) is 1.43. The second kappa shape index (κ2) is 7.04. The number of ether oxygens (including phenoxy) is 1. The fourth-order valence-electron chi connectivity index (χ4n) is 1.67. The summed E-state index contributed by atoms with van der Waals surface area (Å²) in [4.78, 5) is 23.8. The number of carbonyl (C=O) groups excluding carboxylic acids is 2. The van der Waals surface area contributed by atoms with E-state index in [9.17, 15) is 14.8 Å². The van der Waals surface area contributed by atoms with Gasteiger partial charge in [0.15, 0.2) is 12.3 Å². The van der Waals surface area contributed by atoms with Crippen LogP contribution in [0.2, 0.25) is 0 Å². The highest BCUT2D eigenvalue weighted by Gasteiger charge is 2.23. The number of pyridine rings is 1. The van der Waals surface area contributed by atoms with Gasteiger partial charge in [0.05, 0.1) is 0 Å². The molecule has 2 rings (SSSR count). The van der Waals surface area contributed by atoms with Crippen LogP contribution >= 0.6 is 15.9 Å². The summed E-state index contributed by atoms with van der Waals surface area (Å²) in [6, 6.07) is 11.4. The SMILES string of the molecule is C[C@@H](OC(=O)c1cccc[n+]1[O-])C(=O)Nc1cccc(Br)c1. The Labute approximate surface area is 135 Å². The Morgan fingerprint density at radius 3 is 2.73 bits per heavy atom. The molecular formula is C15H13BrN2O4. The lowest BCUT2D eigenvalue weighted by Crippen LogP contribution is -2.37. The van der Waals surface area contributed by atoms with Crippen LogP contribution in [0.3, 0.4) is 0 Å². The third kappa shape index (κ3) is 4.05. The van der Waals surface area contributed by atoms with Crippen molar-refractivity contribution in [3.8, 4) is 0 Å². The van der Waals surface area contributed by atoms with E-state index in [1.807, 2.05) is 6.07 Å². The van der Waals surface area contributed by atoms with E-state index in [0.717, 1.165) is 4.47 Å². The summed E-state index contributed by atoms with van der Waals surface area (Å²) in [6.07, 6.45) is 0.148. The highest BCUT2D eigenvalue weighted by Crippen LogP contribution is 2.16. The molecule has 1 aromatic carbocycles. The van der Waals surface area contributed by atoms with Crippen LogP contribution in [0, 0.1) is 5.21 Å². The van der Waals surface area contributed by atoms with Gasteiger partial charge in [0, 0.05) is 22.3 Å². The topological polar surface area (TPSA) is 82.3 Å². The van der Waals surface area contributed by atoms with Crippen LogP contribution in [0.4, 0.5) is 5.69 Å². The van der Waals surface area contributed by atoms with Crippen LogP contribution in [0.15, 0.2) is 53.1 Å². The number of halogens is 1. The van der Waals surface area contributed by atoms with Gasteiger partial charge < -0.3 is 15.3 Å². The van der Waals surface area contributed by atoms with Crippen molar-refractivity contribution in [2.75, 3.05) is 5.32 Å². The lowest BCUT2D eigenvalue weighted by atomic mass is 10.3. The molecule has 0 fully saturated rings. The molecule has 0 aliphatic rings.